The summed E-state index contributed by atoms with van der Waals surface area (Å²) in [6, 6.07) is 14.6. The van der Waals surface area contributed by atoms with Crippen LogP contribution in [0.5, 0.6) is 0 Å². The van der Waals surface area contributed by atoms with E-state index in [2.05, 4.69) is 5.16 Å². The van der Waals surface area contributed by atoms with Crippen LogP contribution >= 0.6 is 0 Å². The van der Waals surface area contributed by atoms with Crippen molar-refractivity contribution in [3.05, 3.63) is 65.7 Å². The Morgan fingerprint density at radius 1 is 1.08 bits per heavy atom. The number of hydrogen-bond acceptors (Lipinski definition) is 6. The van der Waals surface area contributed by atoms with Gasteiger partial charge in [0.2, 0.25) is 0 Å². The maximum atomic E-state index is 11.3. The highest BCUT2D eigenvalue weighted by molar-refractivity contribution is 7.85. The summed E-state index contributed by atoms with van der Waals surface area (Å²) in [5, 5.41) is 11.6. The summed E-state index contributed by atoms with van der Waals surface area (Å²) in [6.45, 7) is 3.79. The standard InChI is InChI=1S/C10H11NO3.C7H8O3S/c1-2-14-10(12)9(11-13)8-6-4-3-5-7-8;1-6-2-4-7(5-3-6)11(8,9)10/h3-7,13H,2H2,1H3;2-5H,1H3,(H,8,9,10). The molecule has 0 aliphatic rings. The Bertz CT molecular complexity index is 814. The molecule has 0 aliphatic carbocycles. The van der Waals surface area contributed by atoms with E-state index in [-0.39, 0.29) is 17.2 Å². The number of hydrogen-bond donors (Lipinski definition) is 2. The molecule has 0 spiro atoms. The molecule has 0 bridgehead atoms. The fourth-order valence-corrected chi connectivity index (χ4v) is 2.20. The molecule has 0 heterocycles. The van der Waals surface area contributed by atoms with Gasteiger partial charge < -0.3 is 9.94 Å². The predicted octanol–water partition coefficient (Wildman–Crippen LogP) is 2.67. The highest BCUT2D eigenvalue weighted by Gasteiger charge is 2.15. The second-order valence-electron chi connectivity index (χ2n) is 4.82. The minimum Gasteiger partial charge on any atom is -0.461 e. The largest absolute Gasteiger partial charge is 0.461 e. The molecule has 2 aromatic carbocycles. The third kappa shape index (κ3) is 6.74. The SMILES string of the molecule is CCOC(=O)C(=NO)c1ccccc1.Cc1ccc(S(=O)(=O)O)cc1. The number of esters is 1. The molecule has 0 unspecified atom stereocenters. The number of carbonyl (C=O) groups is 1. The number of ether oxygens (including phenoxy) is 1. The lowest BCUT2D eigenvalue weighted by Gasteiger charge is -2.03. The van der Waals surface area contributed by atoms with Crippen LogP contribution in [-0.4, -0.2) is 36.5 Å². The fourth-order valence-electron chi connectivity index (χ4n) is 1.72. The normalized spacial score (nSPS) is 11.2. The summed E-state index contributed by atoms with van der Waals surface area (Å²) < 4.78 is 34.3. The molecule has 0 radical (unpaired) electrons. The first-order valence-electron chi connectivity index (χ1n) is 7.28. The van der Waals surface area contributed by atoms with E-state index < -0.39 is 16.1 Å². The van der Waals surface area contributed by atoms with Crippen LogP contribution in [0.4, 0.5) is 0 Å². The number of aryl methyl sites for hydroxylation is 1. The summed E-state index contributed by atoms with van der Waals surface area (Å²) in [7, 11) is -4.02. The van der Waals surface area contributed by atoms with Crippen LogP contribution in [-0.2, 0) is 19.6 Å². The van der Waals surface area contributed by atoms with E-state index in [1.165, 1.54) is 12.1 Å². The van der Waals surface area contributed by atoms with E-state index in [0.29, 0.717) is 5.56 Å². The average Bonchev–Trinajstić information content (AvgIpc) is 2.57. The predicted molar refractivity (Wildman–Crippen MR) is 92.4 cm³/mol. The van der Waals surface area contributed by atoms with Crippen LogP contribution in [0, 0.1) is 6.92 Å². The maximum absolute atomic E-state index is 11.3. The topological polar surface area (TPSA) is 113 Å². The molecule has 2 aromatic rings. The fraction of sp³-hybridized carbons (Fsp3) is 0.176. The molecule has 134 valence electrons. The smallest absolute Gasteiger partial charge is 0.361 e. The van der Waals surface area contributed by atoms with Crippen molar-refractivity contribution < 1.29 is 27.7 Å². The Morgan fingerprint density at radius 2 is 1.64 bits per heavy atom. The monoisotopic (exact) mass is 365 g/mol. The molecule has 2 N–H and O–H groups in total. The van der Waals surface area contributed by atoms with Crippen molar-refractivity contribution in [1.82, 2.24) is 0 Å². The van der Waals surface area contributed by atoms with Crippen LogP contribution in [0.25, 0.3) is 0 Å². The van der Waals surface area contributed by atoms with E-state index in [4.69, 9.17) is 14.5 Å². The van der Waals surface area contributed by atoms with Gasteiger partial charge in [-0.1, -0.05) is 53.2 Å². The Hall–Kier alpha value is -2.71. The molecule has 0 saturated carbocycles. The molecule has 2 rings (SSSR count). The number of benzene rings is 2. The minimum atomic E-state index is -4.02. The van der Waals surface area contributed by atoms with Crippen molar-refractivity contribution in [2.45, 2.75) is 18.7 Å². The number of carbonyl (C=O) groups excluding carboxylic acids is 1. The van der Waals surface area contributed by atoms with E-state index in [0.717, 1.165) is 5.56 Å². The van der Waals surface area contributed by atoms with Crippen molar-refractivity contribution in [1.29, 1.82) is 0 Å². The Kier molecular flexibility index (Phi) is 7.77. The molecule has 0 aromatic heterocycles. The number of nitrogens with zero attached hydrogens (tertiary/aromatic N) is 1. The summed E-state index contributed by atoms with van der Waals surface area (Å²) in [5.74, 6) is -0.624. The van der Waals surface area contributed by atoms with Gasteiger partial charge >= 0.3 is 5.97 Å². The molecule has 0 amide bonds. The van der Waals surface area contributed by atoms with Gasteiger partial charge in [-0.3, -0.25) is 4.55 Å². The molecule has 7 nitrogen and oxygen atoms in total. The second kappa shape index (κ2) is 9.55. The molecule has 0 fully saturated rings. The van der Waals surface area contributed by atoms with Crippen LogP contribution < -0.4 is 0 Å². The second-order valence-corrected chi connectivity index (χ2v) is 6.24. The van der Waals surface area contributed by atoms with Gasteiger partial charge in [0.05, 0.1) is 11.5 Å². The van der Waals surface area contributed by atoms with Crippen LogP contribution in [0.3, 0.4) is 0 Å². The highest BCUT2D eigenvalue weighted by Crippen LogP contribution is 2.08. The molecule has 25 heavy (non-hydrogen) atoms. The van der Waals surface area contributed by atoms with Crippen molar-refractivity contribution in [3.63, 3.8) is 0 Å². The van der Waals surface area contributed by atoms with Gasteiger partial charge in [0.15, 0.2) is 5.71 Å². The molecular formula is C17H19NO6S. The molecule has 0 saturated heterocycles. The third-order valence-corrected chi connectivity index (χ3v) is 3.80. The Balaban J connectivity index is 0.000000257. The van der Waals surface area contributed by atoms with Gasteiger partial charge in [-0.15, -0.1) is 0 Å². The minimum absolute atomic E-state index is 0.0666. The van der Waals surface area contributed by atoms with Gasteiger partial charge in [-0.25, -0.2) is 4.79 Å². The molecular weight excluding hydrogens is 346 g/mol. The quantitative estimate of drug-likeness (QED) is 0.283. The van der Waals surface area contributed by atoms with E-state index in [9.17, 15) is 13.2 Å². The van der Waals surface area contributed by atoms with Crippen molar-refractivity contribution in [2.75, 3.05) is 6.61 Å². The van der Waals surface area contributed by atoms with Crippen molar-refractivity contribution >= 4 is 21.8 Å². The lowest BCUT2D eigenvalue weighted by molar-refractivity contribution is -0.135. The summed E-state index contributed by atoms with van der Waals surface area (Å²) in [5.41, 5.74) is 1.42. The van der Waals surface area contributed by atoms with Gasteiger partial charge in [0, 0.05) is 5.56 Å². The highest BCUT2D eigenvalue weighted by atomic mass is 32.2. The van der Waals surface area contributed by atoms with E-state index in [1.807, 2.05) is 13.0 Å². The van der Waals surface area contributed by atoms with Crippen molar-refractivity contribution in [2.24, 2.45) is 5.16 Å². The van der Waals surface area contributed by atoms with Gasteiger partial charge in [0.1, 0.15) is 0 Å². The van der Waals surface area contributed by atoms with Crippen molar-refractivity contribution in [3.8, 4) is 0 Å². The first-order valence-corrected chi connectivity index (χ1v) is 8.72. The van der Waals surface area contributed by atoms with E-state index in [1.54, 1.807) is 43.3 Å². The lowest BCUT2D eigenvalue weighted by Crippen LogP contribution is -2.18. The van der Waals surface area contributed by atoms with Crippen LogP contribution in [0.1, 0.15) is 18.1 Å². The van der Waals surface area contributed by atoms with Crippen LogP contribution in [0.15, 0.2) is 64.6 Å². The van der Waals surface area contributed by atoms with Gasteiger partial charge in [-0.05, 0) is 26.0 Å². The first-order chi connectivity index (χ1) is 11.8. The zero-order valence-electron chi connectivity index (χ0n) is 13.8. The number of oxime groups is 1. The maximum Gasteiger partial charge on any atom is 0.361 e. The summed E-state index contributed by atoms with van der Waals surface area (Å²) >= 11 is 0. The zero-order valence-corrected chi connectivity index (χ0v) is 14.6. The van der Waals surface area contributed by atoms with E-state index >= 15 is 0 Å². The van der Waals surface area contributed by atoms with Gasteiger partial charge in [0.25, 0.3) is 10.1 Å². The molecule has 0 aliphatic heterocycles. The van der Waals surface area contributed by atoms with Crippen LogP contribution in [0.2, 0.25) is 0 Å². The summed E-state index contributed by atoms with van der Waals surface area (Å²) in [6.07, 6.45) is 0. The molecule has 8 heteroatoms. The Labute approximate surface area is 146 Å². The molecule has 0 atom stereocenters. The third-order valence-electron chi connectivity index (χ3n) is 2.93. The Morgan fingerprint density at radius 3 is 2.08 bits per heavy atom. The lowest BCUT2D eigenvalue weighted by atomic mass is 10.1. The first kappa shape index (κ1) is 20.3. The summed E-state index contributed by atoms with van der Waals surface area (Å²) in [4.78, 5) is 11.2. The number of rotatable bonds is 4. The van der Waals surface area contributed by atoms with Gasteiger partial charge in [-0.2, -0.15) is 8.42 Å². The zero-order chi connectivity index (χ0) is 18.9. The average molecular weight is 365 g/mol.